The first kappa shape index (κ1) is 10.8. The molecular formula is C8H10N2O3S. The molecular weight excluding hydrogens is 204 g/mol. The van der Waals surface area contributed by atoms with Gasteiger partial charge >= 0.3 is 0 Å². The van der Waals surface area contributed by atoms with Gasteiger partial charge in [0, 0.05) is 0 Å². The standard InChI is InChI=1S/C8H10N2O3S/c1-6(10-11)7-3-2-4-8(5-7)14(9,12)13/h2-6H,1H3,(H2,9,12,13). The zero-order valence-electron chi connectivity index (χ0n) is 7.54. The first-order valence-corrected chi connectivity index (χ1v) is 5.45. The van der Waals surface area contributed by atoms with Crippen LogP contribution < -0.4 is 5.14 Å². The molecule has 0 fully saturated rings. The van der Waals surface area contributed by atoms with Gasteiger partial charge in [-0.05, 0) is 24.6 Å². The van der Waals surface area contributed by atoms with E-state index in [4.69, 9.17) is 5.14 Å². The highest BCUT2D eigenvalue weighted by Gasteiger charge is 2.11. The summed E-state index contributed by atoms with van der Waals surface area (Å²) in [5.74, 6) is 0. The Labute approximate surface area is 82.0 Å². The first-order valence-electron chi connectivity index (χ1n) is 3.90. The molecule has 1 unspecified atom stereocenters. The number of hydrogen-bond acceptors (Lipinski definition) is 4. The predicted octanol–water partition coefficient (Wildman–Crippen LogP) is 1.16. The zero-order valence-corrected chi connectivity index (χ0v) is 8.36. The third-order valence-corrected chi connectivity index (χ3v) is 2.74. The molecule has 1 aromatic carbocycles. The topological polar surface area (TPSA) is 89.6 Å². The molecule has 1 atom stereocenters. The molecule has 0 radical (unpaired) electrons. The molecule has 0 aliphatic carbocycles. The van der Waals surface area contributed by atoms with Gasteiger partial charge in [-0.3, -0.25) is 0 Å². The van der Waals surface area contributed by atoms with Crippen molar-refractivity contribution in [1.29, 1.82) is 0 Å². The van der Waals surface area contributed by atoms with Crippen LogP contribution in [0.2, 0.25) is 0 Å². The highest BCUT2D eigenvalue weighted by atomic mass is 32.2. The molecule has 76 valence electrons. The van der Waals surface area contributed by atoms with Gasteiger partial charge in [0.1, 0.15) is 6.04 Å². The lowest BCUT2D eigenvalue weighted by Gasteiger charge is -2.04. The fraction of sp³-hybridized carbons (Fsp3) is 0.250. The molecule has 0 amide bonds. The maximum Gasteiger partial charge on any atom is 0.238 e. The molecule has 1 aromatic rings. The van der Waals surface area contributed by atoms with E-state index >= 15 is 0 Å². The Kier molecular flexibility index (Phi) is 2.97. The first-order chi connectivity index (χ1) is 6.45. The number of nitrogens with two attached hydrogens (primary N) is 1. The Morgan fingerprint density at radius 1 is 1.43 bits per heavy atom. The van der Waals surface area contributed by atoms with Crippen LogP contribution in [0.15, 0.2) is 34.3 Å². The Hall–Kier alpha value is -1.27. The molecule has 0 aromatic heterocycles. The molecule has 0 saturated heterocycles. The van der Waals surface area contributed by atoms with E-state index in [2.05, 4.69) is 5.18 Å². The minimum absolute atomic E-state index is 0.00880. The molecule has 14 heavy (non-hydrogen) atoms. The van der Waals surface area contributed by atoms with Crippen LogP contribution in [0.25, 0.3) is 0 Å². The normalized spacial score (nSPS) is 13.6. The van der Waals surface area contributed by atoms with Gasteiger partial charge in [-0.15, -0.1) is 0 Å². The van der Waals surface area contributed by atoms with Crippen LogP contribution >= 0.6 is 0 Å². The molecule has 6 heteroatoms. The van der Waals surface area contributed by atoms with E-state index in [9.17, 15) is 13.3 Å². The van der Waals surface area contributed by atoms with Crippen LogP contribution in [0.1, 0.15) is 18.5 Å². The highest BCUT2D eigenvalue weighted by molar-refractivity contribution is 7.89. The van der Waals surface area contributed by atoms with Crippen molar-refractivity contribution in [3.05, 3.63) is 34.7 Å². The summed E-state index contributed by atoms with van der Waals surface area (Å²) in [6.45, 7) is 1.58. The lowest BCUT2D eigenvalue weighted by Crippen LogP contribution is -2.12. The zero-order chi connectivity index (χ0) is 10.8. The summed E-state index contributed by atoms with van der Waals surface area (Å²) in [6.07, 6.45) is 0. The van der Waals surface area contributed by atoms with Gasteiger partial charge in [-0.25, -0.2) is 13.6 Å². The number of rotatable bonds is 3. The summed E-state index contributed by atoms with van der Waals surface area (Å²) in [4.78, 5) is 10.2. The second-order valence-electron chi connectivity index (χ2n) is 2.90. The van der Waals surface area contributed by atoms with Gasteiger partial charge in [0.25, 0.3) is 0 Å². The summed E-state index contributed by atoms with van der Waals surface area (Å²) in [5, 5.41) is 7.73. The van der Waals surface area contributed by atoms with E-state index in [1.807, 2.05) is 0 Å². The third-order valence-electron chi connectivity index (χ3n) is 1.83. The van der Waals surface area contributed by atoms with Crippen molar-refractivity contribution >= 4 is 10.0 Å². The average molecular weight is 214 g/mol. The number of benzene rings is 1. The van der Waals surface area contributed by atoms with Crippen LogP contribution in [0.3, 0.4) is 0 Å². The van der Waals surface area contributed by atoms with Crippen molar-refractivity contribution in [2.75, 3.05) is 0 Å². The summed E-state index contributed by atoms with van der Waals surface area (Å²) < 4.78 is 21.9. The van der Waals surface area contributed by atoms with E-state index < -0.39 is 16.1 Å². The fourth-order valence-corrected chi connectivity index (χ4v) is 1.58. The average Bonchev–Trinajstić information content (AvgIpc) is 2.15. The summed E-state index contributed by atoms with van der Waals surface area (Å²) in [5.41, 5.74) is 0.534. The molecule has 0 bridgehead atoms. The molecule has 0 aliphatic heterocycles. The smallest absolute Gasteiger partial charge is 0.225 e. The van der Waals surface area contributed by atoms with Crippen LogP contribution in [-0.4, -0.2) is 8.42 Å². The molecule has 0 heterocycles. The number of sulfonamides is 1. The Morgan fingerprint density at radius 3 is 2.57 bits per heavy atom. The largest absolute Gasteiger partial charge is 0.238 e. The van der Waals surface area contributed by atoms with E-state index in [1.165, 1.54) is 18.2 Å². The van der Waals surface area contributed by atoms with Crippen molar-refractivity contribution in [3.63, 3.8) is 0 Å². The Balaban J connectivity index is 3.20. The van der Waals surface area contributed by atoms with E-state index in [0.717, 1.165) is 0 Å². The third kappa shape index (κ3) is 2.36. The molecule has 2 N–H and O–H groups in total. The second-order valence-corrected chi connectivity index (χ2v) is 4.46. The Morgan fingerprint density at radius 2 is 2.07 bits per heavy atom. The van der Waals surface area contributed by atoms with Crippen molar-refractivity contribution in [3.8, 4) is 0 Å². The summed E-state index contributed by atoms with van der Waals surface area (Å²) in [6, 6.07) is 5.30. The SMILES string of the molecule is CC(N=O)c1cccc(S(N)(=O)=O)c1. The monoisotopic (exact) mass is 214 g/mol. The molecule has 0 aliphatic rings. The molecule has 0 saturated carbocycles. The van der Waals surface area contributed by atoms with E-state index in [-0.39, 0.29) is 4.90 Å². The van der Waals surface area contributed by atoms with Crippen LogP contribution in [0, 0.1) is 4.91 Å². The van der Waals surface area contributed by atoms with Gasteiger partial charge in [-0.1, -0.05) is 17.3 Å². The highest BCUT2D eigenvalue weighted by Crippen LogP contribution is 2.18. The lowest BCUT2D eigenvalue weighted by molar-refractivity contribution is 0.597. The quantitative estimate of drug-likeness (QED) is 0.765. The molecule has 0 spiro atoms. The number of hydrogen-bond donors (Lipinski definition) is 1. The van der Waals surface area contributed by atoms with Crippen molar-refractivity contribution < 1.29 is 8.42 Å². The maximum absolute atomic E-state index is 11.0. The van der Waals surface area contributed by atoms with Gasteiger partial charge in [-0.2, -0.15) is 4.91 Å². The summed E-state index contributed by atoms with van der Waals surface area (Å²) in [7, 11) is -3.71. The van der Waals surface area contributed by atoms with Gasteiger partial charge < -0.3 is 0 Å². The van der Waals surface area contributed by atoms with E-state index in [1.54, 1.807) is 13.0 Å². The van der Waals surface area contributed by atoms with Gasteiger partial charge in [0.05, 0.1) is 4.90 Å². The maximum atomic E-state index is 11.0. The van der Waals surface area contributed by atoms with Crippen LogP contribution in [-0.2, 0) is 10.0 Å². The number of nitrogens with zero attached hydrogens (tertiary/aromatic N) is 1. The number of nitroso groups, excluding NO2 is 1. The van der Waals surface area contributed by atoms with Crippen molar-refractivity contribution in [2.45, 2.75) is 17.9 Å². The second kappa shape index (κ2) is 3.85. The minimum Gasteiger partial charge on any atom is -0.225 e. The van der Waals surface area contributed by atoms with Crippen LogP contribution in [0.5, 0.6) is 0 Å². The van der Waals surface area contributed by atoms with Crippen LogP contribution in [0.4, 0.5) is 0 Å². The van der Waals surface area contributed by atoms with E-state index in [0.29, 0.717) is 5.56 Å². The van der Waals surface area contributed by atoms with Crippen molar-refractivity contribution in [2.24, 2.45) is 10.3 Å². The number of primary sulfonamides is 1. The van der Waals surface area contributed by atoms with Crippen molar-refractivity contribution in [1.82, 2.24) is 0 Å². The predicted molar refractivity (Wildman–Crippen MR) is 52.0 cm³/mol. The summed E-state index contributed by atoms with van der Waals surface area (Å²) >= 11 is 0. The molecule has 1 rings (SSSR count). The molecule has 5 nitrogen and oxygen atoms in total. The van der Waals surface area contributed by atoms with Gasteiger partial charge in [0.15, 0.2) is 0 Å². The fourth-order valence-electron chi connectivity index (χ4n) is 1.01. The Bertz CT molecular complexity index is 442. The lowest BCUT2D eigenvalue weighted by atomic mass is 10.1. The van der Waals surface area contributed by atoms with Gasteiger partial charge in [0.2, 0.25) is 10.0 Å². The minimum atomic E-state index is -3.71.